The van der Waals surface area contributed by atoms with E-state index in [1.54, 1.807) is 14.2 Å². The van der Waals surface area contributed by atoms with Crippen LogP contribution in [0.1, 0.15) is 11.4 Å². The highest BCUT2D eigenvalue weighted by Crippen LogP contribution is 2.35. The lowest BCUT2D eigenvalue weighted by Crippen LogP contribution is -2.13. The molecule has 0 amide bonds. The van der Waals surface area contributed by atoms with Crippen molar-refractivity contribution >= 4 is 11.6 Å². The molecule has 0 saturated carbocycles. The molecule has 2 rings (SSSR count). The Hall–Kier alpha value is -1.79. The van der Waals surface area contributed by atoms with Crippen molar-refractivity contribution in [2.45, 2.75) is 13.1 Å². The molecule has 0 bridgehead atoms. The fourth-order valence-corrected chi connectivity index (χ4v) is 1.97. The van der Waals surface area contributed by atoms with E-state index in [1.807, 2.05) is 12.1 Å². The predicted octanol–water partition coefficient (Wildman–Crippen LogP) is 2.03. The molecule has 1 heterocycles. The van der Waals surface area contributed by atoms with E-state index in [4.69, 9.17) is 21.1 Å². The lowest BCUT2D eigenvalue weighted by Gasteiger charge is -2.11. The van der Waals surface area contributed by atoms with E-state index in [-0.39, 0.29) is 0 Å². The van der Waals surface area contributed by atoms with Crippen LogP contribution in [0.5, 0.6) is 11.5 Å². The van der Waals surface area contributed by atoms with E-state index < -0.39 is 0 Å². The van der Waals surface area contributed by atoms with E-state index in [9.17, 15) is 0 Å². The number of rotatable bonds is 6. The Morgan fingerprint density at radius 3 is 2.74 bits per heavy atom. The lowest BCUT2D eigenvalue weighted by molar-refractivity contribution is 0.354. The molecular formula is C12H14ClN3O3. The Morgan fingerprint density at radius 1 is 1.26 bits per heavy atom. The fourth-order valence-electron chi connectivity index (χ4n) is 1.66. The summed E-state index contributed by atoms with van der Waals surface area (Å²) in [4.78, 5) is 3.92. The third-order valence-electron chi connectivity index (χ3n) is 2.51. The third-order valence-corrected chi connectivity index (χ3v) is 2.79. The Kier molecular flexibility index (Phi) is 4.59. The minimum Gasteiger partial charge on any atom is -0.493 e. The van der Waals surface area contributed by atoms with Crippen molar-refractivity contribution in [2.75, 3.05) is 14.2 Å². The molecule has 0 aliphatic carbocycles. The standard InChI is InChI=1S/C12H14ClN3O3/c1-17-10-4-8(3-9(13)12(10)18-2)5-14-6-11-15-7-19-16-11/h3-4,7,14H,5-6H2,1-2H3. The van der Waals surface area contributed by atoms with E-state index in [1.165, 1.54) is 6.39 Å². The smallest absolute Gasteiger partial charge is 0.213 e. The van der Waals surface area contributed by atoms with Crippen LogP contribution < -0.4 is 14.8 Å². The summed E-state index contributed by atoms with van der Waals surface area (Å²) in [6.45, 7) is 1.12. The van der Waals surface area contributed by atoms with Gasteiger partial charge in [0.25, 0.3) is 0 Å². The zero-order chi connectivity index (χ0) is 13.7. The van der Waals surface area contributed by atoms with Crippen LogP contribution in [0.15, 0.2) is 23.0 Å². The van der Waals surface area contributed by atoms with Crippen LogP contribution in [0.4, 0.5) is 0 Å². The van der Waals surface area contributed by atoms with Crippen LogP contribution in [0.3, 0.4) is 0 Å². The fraction of sp³-hybridized carbons (Fsp3) is 0.333. The van der Waals surface area contributed by atoms with Crippen molar-refractivity contribution in [1.29, 1.82) is 0 Å². The number of ether oxygens (including phenoxy) is 2. The van der Waals surface area contributed by atoms with Crippen molar-refractivity contribution in [3.05, 3.63) is 34.9 Å². The zero-order valence-electron chi connectivity index (χ0n) is 10.6. The van der Waals surface area contributed by atoms with E-state index in [0.29, 0.717) is 35.4 Å². The summed E-state index contributed by atoms with van der Waals surface area (Å²) >= 11 is 6.12. The summed E-state index contributed by atoms with van der Waals surface area (Å²) < 4.78 is 15.1. The zero-order valence-corrected chi connectivity index (χ0v) is 11.4. The first-order valence-electron chi connectivity index (χ1n) is 5.61. The van der Waals surface area contributed by atoms with Crippen molar-refractivity contribution in [1.82, 2.24) is 15.5 Å². The molecule has 0 aliphatic rings. The number of hydrogen-bond donors (Lipinski definition) is 1. The van der Waals surface area contributed by atoms with Gasteiger partial charge in [-0.2, -0.15) is 4.98 Å². The van der Waals surface area contributed by atoms with Gasteiger partial charge in [-0.1, -0.05) is 16.8 Å². The molecule has 102 valence electrons. The molecule has 6 nitrogen and oxygen atoms in total. The van der Waals surface area contributed by atoms with Gasteiger partial charge < -0.3 is 19.3 Å². The highest BCUT2D eigenvalue weighted by Gasteiger charge is 2.10. The molecule has 19 heavy (non-hydrogen) atoms. The van der Waals surface area contributed by atoms with Crippen LogP contribution in [-0.2, 0) is 13.1 Å². The van der Waals surface area contributed by atoms with Gasteiger partial charge in [-0.05, 0) is 17.7 Å². The summed E-state index contributed by atoms with van der Waals surface area (Å²) in [5, 5.41) is 7.40. The highest BCUT2D eigenvalue weighted by molar-refractivity contribution is 6.32. The molecular weight excluding hydrogens is 270 g/mol. The molecule has 0 saturated heterocycles. The molecule has 1 aromatic heterocycles. The largest absolute Gasteiger partial charge is 0.493 e. The molecule has 1 aromatic carbocycles. The van der Waals surface area contributed by atoms with Gasteiger partial charge in [0.15, 0.2) is 17.3 Å². The number of methoxy groups -OCH3 is 2. The maximum absolute atomic E-state index is 6.12. The second kappa shape index (κ2) is 6.40. The van der Waals surface area contributed by atoms with Gasteiger partial charge in [-0.25, -0.2) is 0 Å². The number of nitrogens with one attached hydrogen (secondary N) is 1. The van der Waals surface area contributed by atoms with E-state index >= 15 is 0 Å². The highest BCUT2D eigenvalue weighted by atomic mass is 35.5. The van der Waals surface area contributed by atoms with Crippen LogP contribution in [0.2, 0.25) is 5.02 Å². The predicted molar refractivity (Wildman–Crippen MR) is 69.4 cm³/mol. The summed E-state index contributed by atoms with van der Waals surface area (Å²) in [6, 6.07) is 3.69. The SMILES string of the molecule is COc1cc(CNCc2ncon2)cc(Cl)c1OC. The maximum Gasteiger partial charge on any atom is 0.213 e. The van der Waals surface area contributed by atoms with Gasteiger partial charge in [-0.15, -0.1) is 0 Å². The molecule has 7 heteroatoms. The number of hydrogen-bond acceptors (Lipinski definition) is 6. The van der Waals surface area contributed by atoms with Crippen LogP contribution in [-0.4, -0.2) is 24.4 Å². The van der Waals surface area contributed by atoms with Gasteiger partial charge in [0.05, 0.1) is 25.8 Å². The number of aromatic nitrogens is 2. The van der Waals surface area contributed by atoms with E-state index in [2.05, 4.69) is 20.0 Å². The Bertz CT molecular complexity index is 531. The molecule has 0 unspecified atom stereocenters. The minimum absolute atomic E-state index is 0.512. The number of nitrogens with zero attached hydrogens (tertiary/aromatic N) is 2. The quantitative estimate of drug-likeness (QED) is 0.875. The van der Waals surface area contributed by atoms with E-state index in [0.717, 1.165) is 5.56 Å². The Balaban J connectivity index is 2.02. The first kappa shape index (κ1) is 13.6. The van der Waals surface area contributed by atoms with Crippen molar-refractivity contribution in [3.8, 4) is 11.5 Å². The second-order valence-electron chi connectivity index (χ2n) is 3.76. The van der Waals surface area contributed by atoms with Gasteiger partial charge in [0.1, 0.15) is 0 Å². The number of halogens is 1. The maximum atomic E-state index is 6.12. The van der Waals surface area contributed by atoms with Crippen LogP contribution >= 0.6 is 11.6 Å². The molecule has 0 atom stereocenters. The normalized spacial score (nSPS) is 10.5. The Morgan fingerprint density at radius 2 is 2.11 bits per heavy atom. The average molecular weight is 284 g/mol. The third kappa shape index (κ3) is 3.36. The van der Waals surface area contributed by atoms with Gasteiger partial charge >= 0.3 is 0 Å². The number of benzene rings is 1. The molecule has 0 aliphatic heterocycles. The molecule has 0 radical (unpaired) electrons. The molecule has 0 spiro atoms. The Labute approximate surface area is 115 Å². The summed E-state index contributed by atoms with van der Waals surface area (Å²) in [5.41, 5.74) is 0.978. The van der Waals surface area contributed by atoms with Crippen LogP contribution in [0, 0.1) is 0 Å². The lowest BCUT2D eigenvalue weighted by atomic mass is 10.2. The van der Waals surface area contributed by atoms with Crippen molar-refractivity contribution < 1.29 is 14.0 Å². The molecule has 1 N–H and O–H groups in total. The first-order valence-corrected chi connectivity index (χ1v) is 5.98. The van der Waals surface area contributed by atoms with Gasteiger partial charge in [-0.3, -0.25) is 0 Å². The summed E-state index contributed by atoms with van der Waals surface area (Å²) in [7, 11) is 3.13. The first-order chi connectivity index (χ1) is 9.24. The van der Waals surface area contributed by atoms with Crippen LogP contribution in [0.25, 0.3) is 0 Å². The van der Waals surface area contributed by atoms with Crippen molar-refractivity contribution in [2.24, 2.45) is 0 Å². The minimum atomic E-state index is 0.512. The average Bonchev–Trinajstić information content (AvgIpc) is 2.91. The topological polar surface area (TPSA) is 69.4 Å². The monoisotopic (exact) mass is 283 g/mol. The summed E-state index contributed by atoms with van der Waals surface area (Å²) in [6.07, 6.45) is 1.30. The van der Waals surface area contributed by atoms with Crippen molar-refractivity contribution in [3.63, 3.8) is 0 Å². The second-order valence-corrected chi connectivity index (χ2v) is 4.17. The molecule has 2 aromatic rings. The molecule has 0 fully saturated rings. The van der Waals surface area contributed by atoms with Gasteiger partial charge in [0, 0.05) is 6.54 Å². The summed E-state index contributed by atoms with van der Waals surface area (Å²) in [5.74, 6) is 1.74. The van der Waals surface area contributed by atoms with Gasteiger partial charge in [0.2, 0.25) is 6.39 Å².